The number of amides is 1. The summed E-state index contributed by atoms with van der Waals surface area (Å²) in [5, 5.41) is 12.6. The highest BCUT2D eigenvalue weighted by molar-refractivity contribution is 7.98. The predicted molar refractivity (Wildman–Crippen MR) is 182 cm³/mol. The fourth-order valence-corrected chi connectivity index (χ4v) is 6.49. The number of hydrogen-bond donors (Lipinski definition) is 2. The van der Waals surface area contributed by atoms with Gasteiger partial charge in [0.15, 0.2) is 0 Å². The van der Waals surface area contributed by atoms with E-state index < -0.39 is 6.04 Å². The van der Waals surface area contributed by atoms with Gasteiger partial charge < -0.3 is 15.4 Å². The molecule has 1 aromatic heterocycles. The number of benzene rings is 4. The molecule has 1 atom stereocenters. The van der Waals surface area contributed by atoms with Crippen LogP contribution in [-0.2, 0) is 17.2 Å². The molecule has 9 heteroatoms. The van der Waals surface area contributed by atoms with Gasteiger partial charge in [0, 0.05) is 22.2 Å². The van der Waals surface area contributed by atoms with E-state index >= 15 is 0 Å². The van der Waals surface area contributed by atoms with E-state index in [-0.39, 0.29) is 5.91 Å². The number of aryl methyl sites for hydroxylation is 3. The Morgan fingerprint density at radius 1 is 0.933 bits per heavy atom. The number of ether oxygens (including phenoxy) is 1. The Balaban J connectivity index is 1.31. The van der Waals surface area contributed by atoms with E-state index in [2.05, 4.69) is 35.8 Å². The minimum absolute atomic E-state index is 0.205. The smallest absolute Gasteiger partial charge is 0.255 e. The van der Waals surface area contributed by atoms with Crippen molar-refractivity contribution in [1.29, 1.82) is 0 Å². The first-order chi connectivity index (χ1) is 21.8. The number of hydrogen-bond acceptors (Lipinski definition) is 6. The summed E-state index contributed by atoms with van der Waals surface area (Å²) in [6, 6.07) is 29.3. The molecule has 228 valence electrons. The topological polar surface area (TPSA) is 81.1 Å². The lowest BCUT2D eigenvalue weighted by molar-refractivity contribution is -0.113. The van der Waals surface area contributed by atoms with E-state index in [9.17, 15) is 4.79 Å². The highest BCUT2D eigenvalue weighted by atomic mass is 35.5. The van der Waals surface area contributed by atoms with Crippen molar-refractivity contribution in [3.05, 3.63) is 141 Å². The second-order valence-electron chi connectivity index (χ2n) is 11.2. The van der Waals surface area contributed by atoms with Crippen LogP contribution in [0, 0.1) is 20.8 Å². The van der Waals surface area contributed by atoms with Crippen LogP contribution in [0.2, 0.25) is 5.02 Å². The van der Waals surface area contributed by atoms with Crippen LogP contribution in [0.3, 0.4) is 0 Å². The number of aromatic nitrogens is 3. The van der Waals surface area contributed by atoms with E-state index in [1.807, 2.05) is 93.6 Å². The molecule has 0 bridgehead atoms. The van der Waals surface area contributed by atoms with Crippen molar-refractivity contribution in [2.24, 2.45) is 0 Å². The number of anilines is 2. The van der Waals surface area contributed by atoms with Crippen LogP contribution in [0.15, 0.2) is 107 Å². The Labute approximate surface area is 272 Å². The third-order valence-electron chi connectivity index (χ3n) is 7.87. The Hall–Kier alpha value is -4.53. The van der Waals surface area contributed by atoms with Gasteiger partial charge in [-0.05, 0) is 79.8 Å². The fraction of sp³-hybridized carbons (Fsp3) is 0.194. The Kier molecular flexibility index (Phi) is 8.96. The number of thioether (sulfide) groups is 1. The number of rotatable bonds is 9. The molecule has 1 aliphatic rings. The van der Waals surface area contributed by atoms with Crippen LogP contribution in [0.25, 0.3) is 0 Å². The van der Waals surface area contributed by atoms with Crippen molar-refractivity contribution in [2.45, 2.75) is 51.3 Å². The van der Waals surface area contributed by atoms with Gasteiger partial charge in [0.1, 0.15) is 18.4 Å². The highest BCUT2D eigenvalue weighted by Crippen LogP contribution is 2.38. The molecule has 1 amide bonds. The van der Waals surface area contributed by atoms with Gasteiger partial charge in [0.2, 0.25) is 11.1 Å². The van der Waals surface area contributed by atoms with E-state index in [1.165, 1.54) is 17.3 Å². The standard InChI is InChI=1S/C36H34ClN5O2S/c1-22-13-18-31(24(3)19-22)39-34(43)32-25(4)38-35-40-36(45-21-28-11-7-8-12-30(28)37)41-42(35)33(32)26-14-16-29(17-15-26)44-20-27-10-6-5-9-23(27)2/h5-19,33H,20-21H2,1-4H3,(H,39,43)(H,38,40,41). The molecule has 0 spiro atoms. The first-order valence-electron chi connectivity index (χ1n) is 14.7. The summed E-state index contributed by atoms with van der Waals surface area (Å²) in [7, 11) is 0. The van der Waals surface area contributed by atoms with Crippen LogP contribution in [0.5, 0.6) is 5.75 Å². The Morgan fingerprint density at radius 2 is 1.67 bits per heavy atom. The summed E-state index contributed by atoms with van der Waals surface area (Å²) >= 11 is 7.90. The van der Waals surface area contributed by atoms with Crippen molar-refractivity contribution in [3.63, 3.8) is 0 Å². The number of halogens is 1. The number of carbonyl (C=O) groups is 1. The molecule has 4 aromatic carbocycles. The molecule has 1 unspecified atom stereocenters. The maximum absolute atomic E-state index is 14.0. The van der Waals surface area contributed by atoms with Crippen molar-refractivity contribution >= 4 is 40.9 Å². The summed E-state index contributed by atoms with van der Waals surface area (Å²) in [4.78, 5) is 18.8. The molecule has 0 saturated carbocycles. The van der Waals surface area contributed by atoms with Crippen LogP contribution < -0.4 is 15.4 Å². The Morgan fingerprint density at radius 3 is 2.40 bits per heavy atom. The third-order valence-corrected chi connectivity index (χ3v) is 9.13. The van der Waals surface area contributed by atoms with Gasteiger partial charge in [-0.15, -0.1) is 5.10 Å². The molecule has 6 rings (SSSR count). The minimum Gasteiger partial charge on any atom is -0.489 e. The third kappa shape index (κ3) is 6.77. The number of carbonyl (C=O) groups excluding carboxylic acids is 1. The molecule has 0 fully saturated rings. The van der Waals surface area contributed by atoms with Gasteiger partial charge in [0.25, 0.3) is 5.91 Å². The molecule has 0 radical (unpaired) electrons. The van der Waals surface area contributed by atoms with Gasteiger partial charge >= 0.3 is 0 Å². The van der Waals surface area contributed by atoms with E-state index in [1.54, 1.807) is 4.68 Å². The zero-order valence-electron chi connectivity index (χ0n) is 25.6. The SMILES string of the molecule is CC1=C(C(=O)Nc2ccc(C)cc2C)C(c2ccc(OCc3ccccc3C)cc2)n2nc(SCc3ccccc3Cl)nc2N1. The maximum atomic E-state index is 14.0. The lowest BCUT2D eigenvalue weighted by Gasteiger charge is -2.29. The fourth-order valence-electron chi connectivity index (χ4n) is 5.38. The lowest BCUT2D eigenvalue weighted by Crippen LogP contribution is -2.31. The molecule has 2 heterocycles. The lowest BCUT2D eigenvalue weighted by atomic mass is 9.94. The van der Waals surface area contributed by atoms with E-state index in [0.717, 1.165) is 39.3 Å². The first-order valence-corrected chi connectivity index (χ1v) is 16.1. The first kappa shape index (κ1) is 30.5. The zero-order valence-corrected chi connectivity index (χ0v) is 27.2. The molecule has 0 aliphatic carbocycles. The molecule has 0 saturated heterocycles. The van der Waals surface area contributed by atoms with Crippen LogP contribution in [0.4, 0.5) is 11.6 Å². The quantitative estimate of drug-likeness (QED) is 0.158. The molecule has 1 aliphatic heterocycles. The summed E-state index contributed by atoms with van der Waals surface area (Å²) in [5.74, 6) is 1.73. The van der Waals surface area contributed by atoms with Crippen molar-refractivity contribution in [1.82, 2.24) is 14.8 Å². The molecule has 5 aromatic rings. The van der Waals surface area contributed by atoms with E-state index in [4.69, 9.17) is 26.4 Å². The van der Waals surface area contributed by atoms with Crippen LogP contribution in [0.1, 0.15) is 46.3 Å². The number of fused-ring (bicyclic) bond motifs is 1. The average Bonchev–Trinajstić information content (AvgIpc) is 3.43. The monoisotopic (exact) mass is 635 g/mol. The van der Waals surface area contributed by atoms with Crippen molar-refractivity contribution < 1.29 is 9.53 Å². The van der Waals surface area contributed by atoms with Crippen LogP contribution in [-0.4, -0.2) is 20.7 Å². The average molecular weight is 636 g/mol. The van der Waals surface area contributed by atoms with E-state index in [0.29, 0.717) is 39.8 Å². The van der Waals surface area contributed by atoms with Gasteiger partial charge in [-0.25, -0.2) is 4.68 Å². The molecular formula is C36H34ClN5O2S. The summed E-state index contributed by atoms with van der Waals surface area (Å²) in [6.07, 6.45) is 0. The van der Waals surface area contributed by atoms with Crippen molar-refractivity contribution in [3.8, 4) is 5.75 Å². The Bertz CT molecular complexity index is 1900. The van der Waals surface area contributed by atoms with Gasteiger partial charge in [-0.3, -0.25) is 4.79 Å². The zero-order chi connectivity index (χ0) is 31.5. The summed E-state index contributed by atoms with van der Waals surface area (Å²) in [5.41, 5.74) is 8.39. The molecule has 2 N–H and O–H groups in total. The maximum Gasteiger partial charge on any atom is 0.255 e. The second kappa shape index (κ2) is 13.2. The summed E-state index contributed by atoms with van der Waals surface area (Å²) in [6.45, 7) is 8.48. The number of nitrogens with zero attached hydrogens (tertiary/aromatic N) is 3. The number of allylic oxidation sites excluding steroid dienone is 1. The van der Waals surface area contributed by atoms with Crippen molar-refractivity contribution in [2.75, 3.05) is 10.6 Å². The van der Waals surface area contributed by atoms with Gasteiger partial charge in [-0.1, -0.05) is 95.7 Å². The second-order valence-corrected chi connectivity index (χ2v) is 12.5. The molecular weight excluding hydrogens is 602 g/mol. The highest BCUT2D eigenvalue weighted by Gasteiger charge is 2.34. The molecule has 45 heavy (non-hydrogen) atoms. The molecule has 7 nitrogen and oxygen atoms in total. The van der Waals surface area contributed by atoms with Gasteiger partial charge in [-0.2, -0.15) is 4.98 Å². The normalized spacial score (nSPS) is 14.1. The van der Waals surface area contributed by atoms with Crippen LogP contribution >= 0.6 is 23.4 Å². The minimum atomic E-state index is -0.514. The number of nitrogens with one attached hydrogen (secondary N) is 2. The van der Waals surface area contributed by atoms with Gasteiger partial charge in [0.05, 0.1) is 5.57 Å². The largest absolute Gasteiger partial charge is 0.489 e. The summed E-state index contributed by atoms with van der Waals surface area (Å²) < 4.78 is 7.91. The predicted octanol–water partition coefficient (Wildman–Crippen LogP) is 8.66.